The van der Waals surface area contributed by atoms with Crippen molar-refractivity contribution in [2.75, 3.05) is 13.2 Å². The van der Waals surface area contributed by atoms with E-state index in [0.717, 1.165) is 42.9 Å². The largest absolute Gasteiger partial charge is 0.532 e. The lowest BCUT2D eigenvalue weighted by atomic mass is 10.1. The Labute approximate surface area is 150 Å². The van der Waals surface area contributed by atoms with Crippen LogP contribution >= 0.6 is 11.6 Å². The molecule has 24 heavy (non-hydrogen) atoms. The van der Waals surface area contributed by atoms with Gasteiger partial charge in [-0.3, -0.25) is 0 Å². The molecule has 1 aromatic carbocycles. The number of aryl methyl sites for hydroxylation is 1. The lowest BCUT2D eigenvalue weighted by Gasteiger charge is -2.24. The van der Waals surface area contributed by atoms with E-state index in [1.54, 1.807) is 6.21 Å². The summed E-state index contributed by atoms with van der Waals surface area (Å²) in [6, 6.07) is 3.83. The molecule has 1 fully saturated rings. The zero-order valence-corrected chi connectivity index (χ0v) is 16.7. The van der Waals surface area contributed by atoms with Crippen molar-refractivity contribution in [3.05, 3.63) is 40.7 Å². The summed E-state index contributed by atoms with van der Waals surface area (Å²) >= 11 is 6.27. The summed E-state index contributed by atoms with van der Waals surface area (Å²) in [4.78, 5) is 4.33. The van der Waals surface area contributed by atoms with Crippen molar-refractivity contribution in [1.82, 2.24) is 0 Å². The van der Waals surface area contributed by atoms with Crippen LogP contribution < -0.4 is 4.74 Å². The summed E-state index contributed by atoms with van der Waals surface area (Å²) in [5.74, 6) is 1.20. The predicted octanol–water partition coefficient (Wildman–Crippen LogP) is 4.95. The zero-order chi connectivity index (χ0) is 17.7. The van der Waals surface area contributed by atoms with Gasteiger partial charge >= 0.3 is 0 Å². The van der Waals surface area contributed by atoms with E-state index in [2.05, 4.69) is 31.2 Å². The Hall–Kier alpha value is -1.30. The lowest BCUT2D eigenvalue weighted by molar-refractivity contribution is 0.0255. The minimum Gasteiger partial charge on any atom is -0.532 e. The highest BCUT2D eigenvalue weighted by atomic mass is 35.5. The van der Waals surface area contributed by atoms with Crippen LogP contribution in [0.25, 0.3) is 0 Å². The van der Waals surface area contributed by atoms with Gasteiger partial charge in [-0.15, -0.1) is 0 Å². The highest BCUT2D eigenvalue weighted by Crippen LogP contribution is 2.28. The summed E-state index contributed by atoms with van der Waals surface area (Å²) in [6.45, 7) is 13.6. The minimum absolute atomic E-state index is 0.160. The van der Waals surface area contributed by atoms with Crippen LogP contribution in [-0.4, -0.2) is 33.8 Å². The first-order chi connectivity index (χ1) is 11.2. The monoisotopic (exact) mass is 367 g/mol. The molecule has 0 unspecified atom stereocenters. The third-order valence-electron chi connectivity index (χ3n) is 3.52. The number of halogens is 1. The van der Waals surface area contributed by atoms with Gasteiger partial charge in [-0.1, -0.05) is 11.6 Å². The van der Waals surface area contributed by atoms with Gasteiger partial charge < -0.3 is 13.9 Å². The number of hydrogen-bond donors (Lipinski definition) is 0. The maximum absolute atomic E-state index is 6.27. The Morgan fingerprint density at radius 3 is 2.62 bits per heavy atom. The molecule has 6 heteroatoms. The van der Waals surface area contributed by atoms with Gasteiger partial charge in [-0.2, -0.15) is 0 Å². The summed E-state index contributed by atoms with van der Waals surface area (Å²) in [6.07, 6.45) is 3.66. The van der Waals surface area contributed by atoms with Gasteiger partial charge in [0, 0.05) is 29.6 Å². The number of aliphatic imine (C=N–C) groups is 1. The van der Waals surface area contributed by atoms with Gasteiger partial charge in [-0.25, -0.2) is 4.99 Å². The quantitative estimate of drug-likeness (QED) is 0.406. The molecule has 0 amide bonds. The maximum Gasteiger partial charge on any atom is 0.244 e. The van der Waals surface area contributed by atoms with E-state index in [1.807, 2.05) is 19.1 Å². The van der Waals surface area contributed by atoms with Gasteiger partial charge in [-0.05, 0) is 50.8 Å². The molecule has 132 valence electrons. The van der Waals surface area contributed by atoms with E-state index < -0.39 is 8.32 Å². The van der Waals surface area contributed by atoms with Crippen LogP contribution in [0.1, 0.15) is 24.0 Å². The van der Waals surface area contributed by atoms with Crippen LogP contribution in [0.5, 0.6) is 5.75 Å². The average Bonchev–Trinajstić information content (AvgIpc) is 2.48. The molecule has 0 radical (unpaired) electrons. The van der Waals surface area contributed by atoms with Crippen molar-refractivity contribution < 1.29 is 13.9 Å². The van der Waals surface area contributed by atoms with E-state index in [4.69, 9.17) is 25.5 Å². The SMILES string of the molecule is C=C(/N=C/c1cc(Cl)c(C)cc1OC1CCOCC1)O[Si](C)(C)C. The van der Waals surface area contributed by atoms with Gasteiger partial charge in [0.1, 0.15) is 11.9 Å². The molecule has 0 N–H and O–H groups in total. The fraction of sp³-hybridized carbons (Fsp3) is 0.500. The molecule has 0 saturated carbocycles. The van der Waals surface area contributed by atoms with Crippen LogP contribution in [-0.2, 0) is 9.16 Å². The molecule has 0 aliphatic carbocycles. The molecule has 1 heterocycles. The van der Waals surface area contributed by atoms with Crippen molar-refractivity contribution in [3.63, 3.8) is 0 Å². The highest BCUT2D eigenvalue weighted by Gasteiger charge is 2.18. The van der Waals surface area contributed by atoms with Crippen molar-refractivity contribution in [1.29, 1.82) is 0 Å². The normalized spacial score (nSPS) is 16.4. The first kappa shape index (κ1) is 19.0. The second-order valence-corrected chi connectivity index (χ2v) is 11.8. The van der Waals surface area contributed by atoms with E-state index in [1.165, 1.54) is 0 Å². The third kappa shape index (κ3) is 5.96. The molecular formula is C18H26ClNO3Si. The van der Waals surface area contributed by atoms with Gasteiger partial charge in [0.2, 0.25) is 8.32 Å². The number of rotatable bonds is 6. The second-order valence-electron chi connectivity index (χ2n) is 6.94. The predicted molar refractivity (Wildman–Crippen MR) is 102 cm³/mol. The Balaban J connectivity index is 2.17. The van der Waals surface area contributed by atoms with Gasteiger partial charge in [0.25, 0.3) is 0 Å². The smallest absolute Gasteiger partial charge is 0.244 e. The number of nitrogens with zero attached hydrogens (tertiary/aromatic N) is 1. The molecule has 0 aromatic heterocycles. The van der Waals surface area contributed by atoms with E-state index in [0.29, 0.717) is 10.9 Å². The third-order valence-corrected chi connectivity index (χ3v) is 4.78. The molecule has 1 aliphatic heterocycles. The van der Waals surface area contributed by atoms with Crippen molar-refractivity contribution in [2.24, 2.45) is 4.99 Å². The Kier molecular flexibility index (Phi) is 6.49. The standard InChI is InChI=1S/C18H26ClNO3Si/c1-13-10-18(22-16-6-8-21-9-7-16)15(11-17(13)19)12-20-14(2)23-24(3,4)5/h10-12,16H,2,6-9H2,1,3-5H3/b20-12+. The summed E-state index contributed by atoms with van der Waals surface area (Å²) in [5.41, 5.74) is 1.81. The second kappa shape index (κ2) is 8.19. The Bertz CT molecular complexity index is 619. The topological polar surface area (TPSA) is 40.0 Å². The van der Waals surface area contributed by atoms with Crippen LogP contribution in [0.3, 0.4) is 0 Å². The average molecular weight is 368 g/mol. The van der Waals surface area contributed by atoms with E-state index >= 15 is 0 Å². The van der Waals surface area contributed by atoms with E-state index in [9.17, 15) is 0 Å². The van der Waals surface area contributed by atoms with Crippen molar-refractivity contribution in [3.8, 4) is 5.75 Å². The molecule has 4 nitrogen and oxygen atoms in total. The first-order valence-corrected chi connectivity index (χ1v) is 12.0. The zero-order valence-electron chi connectivity index (χ0n) is 14.9. The van der Waals surface area contributed by atoms with Gasteiger partial charge in [0.15, 0.2) is 5.88 Å². The number of ether oxygens (including phenoxy) is 2. The Morgan fingerprint density at radius 2 is 2.00 bits per heavy atom. The molecule has 1 aromatic rings. The summed E-state index contributed by atoms with van der Waals surface area (Å²) < 4.78 is 17.3. The van der Waals surface area contributed by atoms with E-state index in [-0.39, 0.29) is 6.10 Å². The summed E-state index contributed by atoms with van der Waals surface area (Å²) in [7, 11) is -1.71. The molecular weight excluding hydrogens is 342 g/mol. The molecule has 0 bridgehead atoms. The first-order valence-electron chi connectivity index (χ1n) is 8.21. The van der Waals surface area contributed by atoms with Crippen LogP contribution in [0, 0.1) is 6.92 Å². The minimum atomic E-state index is -1.71. The fourth-order valence-corrected chi connectivity index (χ4v) is 3.30. The van der Waals surface area contributed by atoms with Crippen LogP contribution in [0.15, 0.2) is 29.6 Å². The van der Waals surface area contributed by atoms with Crippen LogP contribution in [0.4, 0.5) is 0 Å². The molecule has 1 saturated heterocycles. The maximum atomic E-state index is 6.27. The molecule has 0 spiro atoms. The molecule has 2 rings (SSSR count). The lowest BCUT2D eigenvalue weighted by Crippen LogP contribution is -2.26. The number of benzene rings is 1. The number of hydrogen-bond acceptors (Lipinski definition) is 4. The van der Waals surface area contributed by atoms with Crippen molar-refractivity contribution >= 4 is 26.1 Å². The van der Waals surface area contributed by atoms with Crippen molar-refractivity contribution in [2.45, 2.75) is 45.5 Å². The Morgan fingerprint density at radius 1 is 1.33 bits per heavy atom. The van der Waals surface area contributed by atoms with Gasteiger partial charge in [0.05, 0.1) is 13.2 Å². The summed E-state index contributed by atoms with van der Waals surface area (Å²) in [5, 5.41) is 0.688. The molecule has 0 atom stereocenters. The highest BCUT2D eigenvalue weighted by molar-refractivity contribution is 6.70. The van der Waals surface area contributed by atoms with Crippen LogP contribution in [0.2, 0.25) is 24.7 Å². The molecule has 1 aliphatic rings. The fourth-order valence-electron chi connectivity index (χ4n) is 2.37.